The van der Waals surface area contributed by atoms with Crippen LogP contribution in [0.5, 0.6) is 0 Å². The topological polar surface area (TPSA) is 107 Å². The molecule has 39 heavy (non-hydrogen) atoms. The second kappa shape index (κ2) is 11.7. The zero-order chi connectivity index (χ0) is 27.7. The molecule has 3 amide bonds. The number of rotatable bonds is 6. The molecule has 3 aliphatic heterocycles. The van der Waals surface area contributed by atoms with Crippen LogP contribution in [0.4, 0.5) is 0 Å². The Hall–Kier alpha value is -2.86. The summed E-state index contributed by atoms with van der Waals surface area (Å²) < 4.78 is 5.04. The van der Waals surface area contributed by atoms with Gasteiger partial charge in [-0.15, -0.1) is 0 Å². The third kappa shape index (κ3) is 6.01. The molecule has 12 heteroatoms. The number of benzene rings is 1. The Kier molecular flexibility index (Phi) is 8.32. The van der Waals surface area contributed by atoms with Crippen LogP contribution < -0.4 is 10.6 Å². The monoisotopic (exact) mass is 572 g/mol. The lowest BCUT2D eigenvalue weighted by molar-refractivity contribution is -0.137. The van der Waals surface area contributed by atoms with Gasteiger partial charge in [-0.05, 0) is 37.1 Å². The van der Waals surface area contributed by atoms with Crippen molar-refractivity contribution in [3.05, 3.63) is 51.8 Å². The first-order valence-corrected chi connectivity index (χ1v) is 14.2. The number of hydrogen-bond donors (Lipinski definition) is 2. The summed E-state index contributed by atoms with van der Waals surface area (Å²) in [4.78, 5) is 50.9. The van der Waals surface area contributed by atoms with E-state index in [4.69, 9.17) is 16.3 Å². The number of nitrogens with one attached hydrogen (secondary N) is 2. The maximum absolute atomic E-state index is 13.5. The number of methoxy groups -OCH3 is 1. The van der Waals surface area contributed by atoms with E-state index in [0.29, 0.717) is 18.0 Å². The lowest BCUT2D eigenvalue weighted by atomic mass is 9.98. The summed E-state index contributed by atoms with van der Waals surface area (Å²) >= 11 is 7.65. The number of likely N-dealkylation sites (N-methyl/N-ethyl adjacent to an activating group) is 2. The molecule has 4 heterocycles. The summed E-state index contributed by atoms with van der Waals surface area (Å²) in [6.07, 6.45) is 3.02. The Labute approximate surface area is 237 Å². The molecule has 3 atom stereocenters. The second-order valence-electron chi connectivity index (χ2n) is 10.3. The van der Waals surface area contributed by atoms with E-state index in [1.165, 1.54) is 17.7 Å². The van der Waals surface area contributed by atoms with Crippen LogP contribution in [-0.4, -0.2) is 109 Å². The molecule has 0 saturated carbocycles. The molecule has 10 nitrogen and oxygen atoms in total. The minimum atomic E-state index is -0.468. The number of aromatic nitrogens is 1. The Bertz CT molecular complexity index is 1320. The molecule has 0 aliphatic carbocycles. The Morgan fingerprint density at radius 2 is 1.95 bits per heavy atom. The molecule has 3 aliphatic rings. The van der Waals surface area contributed by atoms with Crippen molar-refractivity contribution in [1.82, 2.24) is 30.3 Å². The van der Waals surface area contributed by atoms with Crippen molar-refractivity contribution in [2.75, 3.05) is 54.0 Å². The highest BCUT2D eigenvalue weighted by Gasteiger charge is 2.40. The number of pyridine rings is 1. The van der Waals surface area contributed by atoms with E-state index in [-0.39, 0.29) is 42.6 Å². The van der Waals surface area contributed by atoms with Crippen molar-refractivity contribution in [2.45, 2.75) is 30.3 Å². The van der Waals surface area contributed by atoms with Crippen LogP contribution in [0.25, 0.3) is 10.8 Å². The summed E-state index contributed by atoms with van der Waals surface area (Å²) in [5, 5.41) is 8.13. The van der Waals surface area contributed by atoms with Crippen LogP contribution >= 0.6 is 23.4 Å². The highest BCUT2D eigenvalue weighted by molar-refractivity contribution is 8.04. The number of halogens is 1. The predicted octanol–water partition coefficient (Wildman–Crippen LogP) is 1.90. The molecule has 5 rings (SSSR count). The molecule has 0 spiro atoms. The number of thioether (sulfide) groups is 1. The molecule has 2 N–H and O–H groups in total. The van der Waals surface area contributed by atoms with E-state index in [9.17, 15) is 14.4 Å². The Balaban J connectivity index is 1.31. The van der Waals surface area contributed by atoms with E-state index in [0.717, 1.165) is 30.3 Å². The zero-order valence-corrected chi connectivity index (χ0v) is 23.8. The van der Waals surface area contributed by atoms with Crippen molar-refractivity contribution in [3.8, 4) is 0 Å². The van der Waals surface area contributed by atoms with E-state index < -0.39 is 11.4 Å². The maximum Gasteiger partial charge on any atom is 0.270 e. The van der Waals surface area contributed by atoms with Crippen molar-refractivity contribution in [3.63, 3.8) is 0 Å². The minimum absolute atomic E-state index is 0.0336. The highest BCUT2D eigenvalue weighted by atomic mass is 35.5. The third-order valence-corrected chi connectivity index (χ3v) is 9.15. The molecule has 1 saturated heterocycles. The van der Waals surface area contributed by atoms with Crippen molar-refractivity contribution >= 4 is 51.9 Å². The van der Waals surface area contributed by atoms with Gasteiger partial charge in [-0.1, -0.05) is 29.4 Å². The Morgan fingerprint density at radius 1 is 1.13 bits per heavy atom. The van der Waals surface area contributed by atoms with Gasteiger partial charge in [-0.2, -0.15) is 0 Å². The highest BCUT2D eigenvalue weighted by Crippen LogP contribution is 2.41. The largest absolute Gasteiger partial charge is 0.375 e. The standard InChI is InChI=1S/C27H33ClN6O4S/c1-32-8-7-22-23(14-32)39-27(33(22)2)26(37)31-21-13-34(24(35)15-38-3)9-6-19(21)30-25(36)20-11-16-4-5-18(28)10-17(16)12-29-20/h4-5,10-12,19,21,27H,6-9,13-15H2,1-3H3,(H,30,36)(H,31,37)/t19-,21+,27?/m0/s1. The van der Waals surface area contributed by atoms with E-state index in [1.807, 2.05) is 13.1 Å². The summed E-state index contributed by atoms with van der Waals surface area (Å²) in [6, 6.07) is 6.30. The number of hydrogen-bond acceptors (Lipinski definition) is 8. The molecule has 0 radical (unpaired) electrons. The van der Waals surface area contributed by atoms with Crippen LogP contribution in [-0.2, 0) is 14.3 Å². The third-order valence-electron chi connectivity index (χ3n) is 7.52. The first-order valence-electron chi connectivity index (χ1n) is 13.0. The molecule has 1 aromatic heterocycles. The summed E-state index contributed by atoms with van der Waals surface area (Å²) in [5.41, 5.74) is 1.49. The smallest absolute Gasteiger partial charge is 0.270 e. The van der Waals surface area contributed by atoms with Crippen molar-refractivity contribution in [1.29, 1.82) is 0 Å². The van der Waals surface area contributed by atoms with Gasteiger partial charge in [-0.25, -0.2) is 0 Å². The number of ether oxygens (including phenoxy) is 1. The summed E-state index contributed by atoms with van der Waals surface area (Å²) in [5.74, 6) is -0.616. The van der Waals surface area contributed by atoms with Crippen molar-refractivity contribution < 1.29 is 19.1 Å². The van der Waals surface area contributed by atoms with Crippen LogP contribution in [0.1, 0.15) is 23.3 Å². The number of fused-ring (bicyclic) bond motifs is 1. The van der Waals surface area contributed by atoms with Crippen LogP contribution in [0.3, 0.4) is 0 Å². The number of nitrogens with zero attached hydrogens (tertiary/aromatic N) is 4. The number of piperidine rings is 1. The SMILES string of the molecule is COCC(=O)N1CC[C@H](NC(=O)c2cc3ccc(Cl)cc3cn2)[C@H](NC(=O)C2SC3=C(CCN(C)C3)N2C)C1. The fourth-order valence-corrected chi connectivity index (χ4v) is 6.95. The lowest BCUT2D eigenvalue weighted by Gasteiger charge is -2.39. The molecular weight excluding hydrogens is 540 g/mol. The molecule has 1 unspecified atom stereocenters. The second-order valence-corrected chi connectivity index (χ2v) is 11.9. The van der Waals surface area contributed by atoms with Gasteiger partial charge in [-0.3, -0.25) is 19.4 Å². The van der Waals surface area contributed by atoms with E-state index in [1.54, 1.807) is 41.1 Å². The summed E-state index contributed by atoms with van der Waals surface area (Å²) in [6.45, 7) is 2.48. The van der Waals surface area contributed by atoms with Crippen LogP contribution in [0.15, 0.2) is 41.1 Å². The zero-order valence-electron chi connectivity index (χ0n) is 22.3. The van der Waals surface area contributed by atoms with Crippen molar-refractivity contribution in [2.24, 2.45) is 0 Å². The molecular formula is C27H33ClN6O4S. The number of carbonyl (C=O) groups is 3. The quantitative estimate of drug-likeness (QED) is 0.541. The van der Waals surface area contributed by atoms with E-state index in [2.05, 4.69) is 32.5 Å². The van der Waals surface area contributed by atoms with Gasteiger partial charge in [0.15, 0.2) is 5.37 Å². The van der Waals surface area contributed by atoms with Gasteiger partial charge in [0, 0.05) is 74.0 Å². The fraction of sp³-hybridized carbons (Fsp3) is 0.481. The van der Waals surface area contributed by atoms with Gasteiger partial charge >= 0.3 is 0 Å². The number of likely N-dealkylation sites (tertiary alicyclic amines) is 1. The van der Waals surface area contributed by atoms with E-state index >= 15 is 0 Å². The normalized spacial score (nSPS) is 23.6. The molecule has 2 aromatic rings. The summed E-state index contributed by atoms with van der Waals surface area (Å²) in [7, 11) is 5.52. The van der Waals surface area contributed by atoms with Gasteiger partial charge in [0.2, 0.25) is 5.91 Å². The molecule has 0 bridgehead atoms. The number of carbonyl (C=O) groups excluding carboxylic acids is 3. The first-order chi connectivity index (χ1) is 18.7. The average Bonchev–Trinajstić information content (AvgIpc) is 3.24. The van der Waals surface area contributed by atoms with Crippen LogP contribution in [0.2, 0.25) is 5.02 Å². The predicted molar refractivity (Wildman–Crippen MR) is 151 cm³/mol. The minimum Gasteiger partial charge on any atom is -0.375 e. The van der Waals surface area contributed by atoms with Crippen LogP contribution in [0, 0.1) is 0 Å². The maximum atomic E-state index is 13.5. The molecule has 208 valence electrons. The van der Waals surface area contributed by atoms with Gasteiger partial charge in [0.05, 0.1) is 12.1 Å². The number of amides is 3. The average molecular weight is 573 g/mol. The van der Waals surface area contributed by atoms with Gasteiger partial charge in [0.25, 0.3) is 11.8 Å². The van der Waals surface area contributed by atoms with Gasteiger partial charge in [0.1, 0.15) is 12.3 Å². The Morgan fingerprint density at radius 3 is 2.74 bits per heavy atom. The lowest BCUT2D eigenvalue weighted by Crippen LogP contribution is -2.63. The van der Waals surface area contributed by atoms with Gasteiger partial charge < -0.3 is 30.1 Å². The fourth-order valence-electron chi connectivity index (χ4n) is 5.36. The molecule has 1 aromatic carbocycles. The first kappa shape index (κ1) is 27.7. The molecule has 1 fully saturated rings.